The number of nitrogens with zero attached hydrogens (tertiary/aromatic N) is 5. The molecule has 0 amide bonds. The van der Waals surface area contributed by atoms with Gasteiger partial charge >= 0.3 is 0 Å². The lowest BCUT2D eigenvalue weighted by Crippen LogP contribution is -2.51. The van der Waals surface area contributed by atoms with E-state index in [-0.39, 0.29) is 0 Å². The number of hydrogen-bond acceptors (Lipinski definition) is 7. The molecule has 3 rings (SSSR count). The number of anilines is 1. The van der Waals surface area contributed by atoms with Crippen LogP contribution in [-0.2, 0) is 0 Å². The van der Waals surface area contributed by atoms with E-state index in [1.54, 1.807) is 12.4 Å². The van der Waals surface area contributed by atoms with Crippen LogP contribution in [0.1, 0.15) is 19.8 Å². The number of aromatic nitrogens is 1. The lowest BCUT2D eigenvalue weighted by Gasteiger charge is -2.37. The summed E-state index contributed by atoms with van der Waals surface area (Å²) in [5.74, 6) is 1.04. The normalized spacial score (nSPS) is 18.7. The summed E-state index contributed by atoms with van der Waals surface area (Å²) in [4.78, 5) is 8.64. The van der Waals surface area contributed by atoms with Crippen LogP contribution in [0.2, 0.25) is 10.0 Å². The Balaban J connectivity index is 1.54. The topological polar surface area (TPSA) is 59.0 Å². The molecule has 3 heterocycles. The molecule has 7 nitrogen and oxygen atoms in total. The van der Waals surface area contributed by atoms with E-state index in [0.29, 0.717) is 10.0 Å². The van der Waals surface area contributed by atoms with Crippen LogP contribution in [0.4, 0.5) is 5.69 Å². The van der Waals surface area contributed by atoms with Crippen LogP contribution in [-0.4, -0.2) is 60.0 Å². The molecule has 1 aromatic heterocycles. The first-order chi connectivity index (χ1) is 11.7. The third-order valence-electron chi connectivity index (χ3n) is 4.30. The van der Waals surface area contributed by atoms with Gasteiger partial charge in [0.1, 0.15) is 0 Å². The number of hydrogen-bond donors (Lipinski definition) is 2. The van der Waals surface area contributed by atoms with Gasteiger partial charge in [-0.05, 0) is 6.42 Å². The summed E-state index contributed by atoms with van der Waals surface area (Å²) in [6, 6.07) is 0. The lowest BCUT2D eigenvalue weighted by molar-refractivity contribution is 0.255. The van der Waals surface area contributed by atoms with Crippen molar-refractivity contribution in [1.82, 2.24) is 26.0 Å². The standard InChI is InChI=1S/C15H23Cl2N7/c1-2-3-4-24-14(19-20-21-24)11-22-5-7-23(8-6-22)15-12(16)9-18-10-13(15)17/h9-10,20-21H,2-8,11H2,1H3. The SMILES string of the molecule is CCCCN1NNN=C1CN1CCN(c2c(Cl)cncc2Cl)CC1. The molecule has 0 spiro atoms. The fraction of sp³-hybridized carbons (Fsp3) is 0.600. The molecule has 0 bridgehead atoms. The quantitative estimate of drug-likeness (QED) is 0.796. The van der Waals surface area contributed by atoms with Crippen molar-refractivity contribution in [2.45, 2.75) is 19.8 Å². The van der Waals surface area contributed by atoms with Crippen molar-refractivity contribution in [2.75, 3.05) is 44.2 Å². The van der Waals surface area contributed by atoms with Crippen LogP contribution in [0.5, 0.6) is 0 Å². The summed E-state index contributed by atoms with van der Waals surface area (Å²) in [7, 11) is 0. The number of halogens is 2. The number of pyridine rings is 1. The average Bonchev–Trinajstić information content (AvgIpc) is 3.01. The predicted molar refractivity (Wildman–Crippen MR) is 98.2 cm³/mol. The Kier molecular flexibility index (Phi) is 5.99. The van der Waals surface area contributed by atoms with E-state index >= 15 is 0 Å². The maximum absolute atomic E-state index is 6.26. The molecule has 2 N–H and O–H groups in total. The van der Waals surface area contributed by atoms with Gasteiger partial charge in [0.2, 0.25) is 0 Å². The minimum absolute atomic E-state index is 0.607. The second-order valence-corrected chi connectivity index (χ2v) is 6.79. The van der Waals surface area contributed by atoms with Gasteiger partial charge < -0.3 is 4.90 Å². The second-order valence-electron chi connectivity index (χ2n) is 5.97. The molecule has 1 saturated heterocycles. The summed E-state index contributed by atoms with van der Waals surface area (Å²) in [6.07, 6.45) is 5.59. The van der Waals surface area contributed by atoms with Gasteiger partial charge in [-0.3, -0.25) is 14.9 Å². The van der Waals surface area contributed by atoms with Gasteiger partial charge in [0.15, 0.2) is 5.84 Å². The number of nitrogens with one attached hydrogen (secondary N) is 2. The summed E-state index contributed by atoms with van der Waals surface area (Å²) in [5.41, 5.74) is 6.82. The van der Waals surface area contributed by atoms with Crippen LogP contribution in [0.15, 0.2) is 17.5 Å². The predicted octanol–water partition coefficient (Wildman–Crippen LogP) is 1.95. The van der Waals surface area contributed by atoms with Crippen molar-refractivity contribution < 1.29 is 0 Å². The van der Waals surface area contributed by atoms with Crippen molar-refractivity contribution >= 4 is 34.7 Å². The number of unbranched alkanes of at least 4 members (excludes halogenated alkanes) is 1. The maximum atomic E-state index is 6.26. The van der Waals surface area contributed by atoms with Crippen LogP contribution >= 0.6 is 23.2 Å². The molecule has 2 aliphatic heterocycles. The summed E-state index contributed by atoms with van der Waals surface area (Å²) >= 11 is 12.5. The number of rotatable bonds is 6. The highest BCUT2D eigenvalue weighted by Gasteiger charge is 2.24. The minimum Gasteiger partial charge on any atom is -0.366 e. The number of hydrazine groups is 2. The van der Waals surface area contributed by atoms with E-state index in [0.717, 1.165) is 63.6 Å². The Morgan fingerprint density at radius 2 is 1.83 bits per heavy atom. The van der Waals surface area contributed by atoms with Crippen molar-refractivity contribution in [1.29, 1.82) is 0 Å². The second kappa shape index (κ2) is 8.20. The van der Waals surface area contributed by atoms with E-state index < -0.39 is 0 Å². The smallest absolute Gasteiger partial charge is 0.156 e. The first kappa shape index (κ1) is 17.5. The number of piperazine rings is 1. The van der Waals surface area contributed by atoms with Crippen molar-refractivity contribution in [3.63, 3.8) is 0 Å². The monoisotopic (exact) mass is 371 g/mol. The summed E-state index contributed by atoms with van der Waals surface area (Å²) < 4.78 is 0. The minimum atomic E-state index is 0.607. The Morgan fingerprint density at radius 3 is 2.50 bits per heavy atom. The van der Waals surface area contributed by atoms with Crippen molar-refractivity contribution in [2.24, 2.45) is 5.10 Å². The summed E-state index contributed by atoms with van der Waals surface area (Å²) in [5, 5.41) is 7.65. The zero-order valence-corrected chi connectivity index (χ0v) is 15.3. The third kappa shape index (κ3) is 4.03. The number of amidine groups is 1. The lowest BCUT2D eigenvalue weighted by atomic mass is 10.2. The molecule has 9 heteroatoms. The highest BCUT2D eigenvalue weighted by molar-refractivity contribution is 6.38. The van der Waals surface area contributed by atoms with Gasteiger partial charge in [-0.25, -0.2) is 5.53 Å². The first-order valence-corrected chi connectivity index (χ1v) is 9.05. The molecule has 2 aliphatic rings. The molecular weight excluding hydrogens is 349 g/mol. The fourth-order valence-corrected chi connectivity index (χ4v) is 3.54. The molecule has 1 fully saturated rings. The molecule has 0 atom stereocenters. The van der Waals surface area contributed by atoms with Gasteiger partial charge in [0.25, 0.3) is 0 Å². The zero-order chi connectivity index (χ0) is 16.9. The van der Waals surface area contributed by atoms with Crippen LogP contribution in [0.25, 0.3) is 0 Å². The third-order valence-corrected chi connectivity index (χ3v) is 4.85. The molecule has 0 aliphatic carbocycles. The Labute approximate surface area is 152 Å². The largest absolute Gasteiger partial charge is 0.366 e. The molecule has 1 aromatic rings. The average molecular weight is 372 g/mol. The van der Waals surface area contributed by atoms with Gasteiger partial charge in [0.05, 0.1) is 22.3 Å². The molecule has 24 heavy (non-hydrogen) atoms. The molecular formula is C15H23Cl2N7. The van der Waals surface area contributed by atoms with Crippen LogP contribution < -0.4 is 16.0 Å². The van der Waals surface area contributed by atoms with E-state index in [4.69, 9.17) is 23.2 Å². The molecule has 0 radical (unpaired) electrons. The Bertz CT molecular complexity index is 567. The van der Waals surface area contributed by atoms with Crippen LogP contribution in [0, 0.1) is 0 Å². The number of hydrazone groups is 1. The van der Waals surface area contributed by atoms with E-state index in [1.807, 2.05) is 0 Å². The maximum Gasteiger partial charge on any atom is 0.156 e. The molecule has 132 valence electrons. The summed E-state index contributed by atoms with van der Waals surface area (Å²) in [6.45, 7) is 7.62. The molecule has 0 aromatic carbocycles. The highest BCUT2D eigenvalue weighted by Crippen LogP contribution is 2.32. The zero-order valence-electron chi connectivity index (χ0n) is 13.8. The first-order valence-electron chi connectivity index (χ1n) is 8.30. The van der Waals surface area contributed by atoms with Gasteiger partial charge in [-0.15, -0.1) is 10.6 Å². The molecule has 0 saturated carbocycles. The van der Waals surface area contributed by atoms with Gasteiger partial charge in [-0.2, -0.15) is 0 Å². The van der Waals surface area contributed by atoms with E-state index in [9.17, 15) is 0 Å². The van der Waals surface area contributed by atoms with Gasteiger partial charge in [0, 0.05) is 45.1 Å². The Hall–Kier alpha value is -1.28. The van der Waals surface area contributed by atoms with Gasteiger partial charge in [-0.1, -0.05) is 36.5 Å². The van der Waals surface area contributed by atoms with Crippen molar-refractivity contribution in [3.05, 3.63) is 22.4 Å². The van der Waals surface area contributed by atoms with E-state index in [2.05, 4.69) is 42.9 Å². The van der Waals surface area contributed by atoms with Crippen molar-refractivity contribution in [3.8, 4) is 0 Å². The Morgan fingerprint density at radius 1 is 1.12 bits per heavy atom. The fourth-order valence-electron chi connectivity index (χ4n) is 2.93. The molecule has 0 unspecified atom stereocenters. The van der Waals surface area contributed by atoms with E-state index in [1.165, 1.54) is 0 Å². The highest BCUT2D eigenvalue weighted by atomic mass is 35.5. The van der Waals surface area contributed by atoms with Crippen LogP contribution in [0.3, 0.4) is 0 Å².